The van der Waals surface area contributed by atoms with Gasteiger partial charge in [0, 0.05) is 12.0 Å². The summed E-state index contributed by atoms with van der Waals surface area (Å²) < 4.78 is 15.5. The van der Waals surface area contributed by atoms with Crippen molar-refractivity contribution >= 4 is 16.6 Å². The Morgan fingerprint density at radius 2 is 1.67 bits per heavy atom. The molecule has 0 spiro atoms. The molecule has 132 valence electrons. The summed E-state index contributed by atoms with van der Waals surface area (Å²) in [7, 11) is 0. The third-order valence-corrected chi connectivity index (χ3v) is 4.69. The van der Waals surface area contributed by atoms with E-state index >= 15 is 0 Å². The summed E-state index contributed by atoms with van der Waals surface area (Å²) in [6.07, 6.45) is 0.485. The van der Waals surface area contributed by atoms with Gasteiger partial charge in [-0.3, -0.25) is 0 Å². The number of fused-ring (bicyclic) bond motifs is 1. The van der Waals surface area contributed by atoms with E-state index in [-0.39, 0.29) is 18.2 Å². The van der Waals surface area contributed by atoms with Crippen molar-refractivity contribution in [3.63, 3.8) is 0 Å². The fourth-order valence-corrected chi connectivity index (χ4v) is 3.31. The molecule has 0 saturated heterocycles. The first kappa shape index (κ1) is 16.8. The Labute approximate surface area is 156 Å². The van der Waals surface area contributed by atoms with Crippen LogP contribution in [0.3, 0.4) is 0 Å². The summed E-state index contributed by atoms with van der Waals surface area (Å²) in [6, 6.07) is 22.8. The number of anilines is 1. The van der Waals surface area contributed by atoms with Crippen molar-refractivity contribution in [2.75, 3.05) is 5.73 Å². The van der Waals surface area contributed by atoms with Gasteiger partial charge in [-0.15, -0.1) is 0 Å². The second kappa shape index (κ2) is 6.93. The fourth-order valence-electron chi connectivity index (χ4n) is 3.31. The van der Waals surface area contributed by atoms with Crippen molar-refractivity contribution in [2.24, 2.45) is 0 Å². The zero-order valence-corrected chi connectivity index (χ0v) is 14.6. The van der Waals surface area contributed by atoms with E-state index in [1.807, 2.05) is 24.3 Å². The summed E-state index contributed by atoms with van der Waals surface area (Å²) in [5.74, 6) is -0.0579. The maximum atomic E-state index is 14.0. The van der Waals surface area contributed by atoms with Gasteiger partial charge < -0.3 is 5.73 Å². The Morgan fingerprint density at radius 1 is 0.963 bits per heavy atom. The fraction of sp³-hybridized carbons (Fsp3) is 0.0909. The molecule has 0 aliphatic heterocycles. The highest BCUT2D eigenvalue weighted by molar-refractivity contribution is 5.86. The van der Waals surface area contributed by atoms with Gasteiger partial charge in [0.05, 0.1) is 12.2 Å². The predicted molar refractivity (Wildman–Crippen MR) is 104 cm³/mol. The van der Waals surface area contributed by atoms with Crippen LogP contribution in [0.15, 0.2) is 66.7 Å². The smallest absolute Gasteiger partial charge is 0.140 e. The first-order valence-electron chi connectivity index (χ1n) is 8.62. The second-order valence-electron chi connectivity index (χ2n) is 6.38. The number of benzene rings is 3. The summed E-state index contributed by atoms with van der Waals surface area (Å²) >= 11 is 0. The Morgan fingerprint density at radius 3 is 2.48 bits per heavy atom. The van der Waals surface area contributed by atoms with Crippen LogP contribution in [0.2, 0.25) is 0 Å². The third kappa shape index (κ3) is 3.13. The molecule has 0 fully saturated rings. The van der Waals surface area contributed by atoms with E-state index in [4.69, 9.17) is 5.73 Å². The van der Waals surface area contributed by atoms with Crippen LogP contribution in [0, 0.1) is 17.1 Å². The lowest BCUT2D eigenvalue weighted by Crippen LogP contribution is -2.07. The normalized spacial score (nSPS) is 10.8. The molecule has 4 rings (SSSR count). The molecule has 4 aromatic rings. The van der Waals surface area contributed by atoms with Crippen molar-refractivity contribution in [1.82, 2.24) is 9.78 Å². The van der Waals surface area contributed by atoms with Crippen molar-refractivity contribution in [3.8, 4) is 6.07 Å². The van der Waals surface area contributed by atoms with Gasteiger partial charge in [0.2, 0.25) is 0 Å². The average Bonchev–Trinajstić information content (AvgIpc) is 2.98. The lowest BCUT2D eigenvalue weighted by molar-refractivity contribution is 0.586. The molecule has 2 N–H and O–H groups in total. The van der Waals surface area contributed by atoms with Crippen molar-refractivity contribution < 1.29 is 4.39 Å². The van der Waals surface area contributed by atoms with E-state index in [2.05, 4.69) is 29.4 Å². The molecule has 0 saturated carbocycles. The summed E-state index contributed by atoms with van der Waals surface area (Å²) in [6.45, 7) is 0.183. The summed E-state index contributed by atoms with van der Waals surface area (Å²) in [5.41, 5.74) is 8.63. The van der Waals surface area contributed by atoms with Crippen LogP contribution < -0.4 is 5.73 Å². The Bertz CT molecular complexity index is 1170. The minimum absolute atomic E-state index is 0.183. The van der Waals surface area contributed by atoms with Gasteiger partial charge in [-0.05, 0) is 22.4 Å². The highest BCUT2D eigenvalue weighted by Crippen LogP contribution is 2.25. The average molecular weight is 356 g/mol. The zero-order chi connectivity index (χ0) is 18.8. The number of aromatic nitrogens is 2. The van der Waals surface area contributed by atoms with Crippen LogP contribution in [-0.4, -0.2) is 9.78 Å². The minimum atomic E-state index is -0.318. The Balaban J connectivity index is 1.73. The molecule has 27 heavy (non-hydrogen) atoms. The highest BCUT2D eigenvalue weighted by Gasteiger charge is 2.17. The largest absolute Gasteiger partial charge is 0.383 e. The van der Waals surface area contributed by atoms with E-state index in [9.17, 15) is 9.65 Å². The van der Waals surface area contributed by atoms with Gasteiger partial charge in [-0.25, -0.2) is 9.07 Å². The van der Waals surface area contributed by atoms with Gasteiger partial charge in [-0.1, -0.05) is 60.7 Å². The van der Waals surface area contributed by atoms with E-state index in [1.165, 1.54) is 10.7 Å². The third-order valence-electron chi connectivity index (χ3n) is 4.69. The number of nitrogen functional groups attached to an aromatic ring is 1. The Kier molecular flexibility index (Phi) is 4.31. The molecule has 1 aromatic heterocycles. The standard InChI is InChI=1S/C22H17FN4/c23-20-11-4-2-7-17(20)14-27-22(25)19(13-24)21(26-27)12-16-9-5-8-15-6-1-3-10-18(15)16/h1-11H,12,14,25H2. The van der Waals surface area contributed by atoms with Crippen molar-refractivity contribution in [1.29, 1.82) is 5.26 Å². The number of halogens is 1. The number of nitriles is 1. The molecule has 0 aliphatic carbocycles. The first-order valence-corrected chi connectivity index (χ1v) is 8.62. The number of nitrogens with zero attached hydrogens (tertiary/aromatic N) is 3. The topological polar surface area (TPSA) is 67.6 Å². The Hall–Kier alpha value is -3.65. The quantitative estimate of drug-likeness (QED) is 0.594. The molecule has 5 heteroatoms. The predicted octanol–water partition coefficient (Wildman–Crippen LogP) is 4.27. The van der Waals surface area contributed by atoms with Crippen molar-refractivity contribution in [2.45, 2.75) is 13.0 Å². The van der Waals surface area contributed by atoms with Crippen LogP contribution in [0.5, 0.6) is 0 Å². The van der Waals surface area contributed by atoms with E-state index < -0.39 is 0 Å². The molecule has 1 heterocycles. The van der Waals surface area contributed by atoms with Gasteiger partial charge in [-0.2, -0.15) is 10.4 Å². The molecular formula is C22H17FN4. The molecular weight excluding hydrogens is 339 g/mol. The number of nitrogens with two attached hydrogens (primary N) is 1. The molecule has 0 radical (unpaired) electrons. The molecule has 0 unspecified atom stereocenters. The first-order chi connectivity index (χ1) is 13.2. The van der Waals surface area contributed by atoms with Crippen LogP contribution in [0.25, 0.3) is 10.8 Å². The number of rotatable bonds is 4. The van der Waals surface area contributed by atoms with Gasteiger partial charge in [0.25, 0.3) is 0 Å². The van der Waals surface area contributed by atoms with E-state index in [0.717, 1.165) is 16.3 Å². The molecule has 0 aliphatic rings. The maximum absolute atomic E-state index is 14.0. The molecule has 4 nitrogen and oxygen atoms in total. The molecule has 0 atom stereocenters. The molecule has 0 amide bonds. The van der Waals surface area contributed by atoms with E-state index in [1.54, 1.807) is 18.2 Å². The lowest BCUT2D eigenvalue weighted by atomic mass is 10.00. The van der Waals surface area contributed by atoms with Crippen LogP contribution >= 0.6 is 0 Å². The highest BCUT2D eigenvalue weighted by atomic mass is 19.1. The van der Waals surface area contributed by atoms with Crippen LogP contribution in [0.4, 0.5) is 10.2 Å². The molecule has 0 bridgehead atoms. The van der Waals surface area contributed by atoms with Crippen LogP contribution in [0.1, 0.15) is 22.4 Å². The monoisotopic (exact) mass is 356 g/mol. The van der Waals surface area contributed by atoms with E-state index in [0.29, 0.717) is 23.2 Å². The number of hydrogen-bond donors (Lipinski definition) is 1. The van der Waals surface area contributed by atoms with Gasteiger partial charge in [0.1, 0.15) is 23.3 Å². The van der Waals surface area contributed by atoms with Gasteiger partial charge >= 0.3 is 0 Å². The van der Waals surface area contributed by atoms with Crippen molar-refractivity contribution in [3.05, 3.63) is 94.9 Å². The van der Waals surface area contributed by atoms with Crippen LogP contribution in [-0.2, 0) is 13.0 Å². The zero-order valence-electron chi connectivity index (χ0n) is 14.6. The van der Waals surface area contributed by atoms with Gasteiger partial charge in [0.15, 0.2) is 0 Å². The number of hydrogen-bond acceptors (Lipinski definition) is 3. The maximum Gasteiger partial charge on any atom is 0.140 e. The summed E-state index contributed by atoms with van der Waals surface area (Å²) in [4.78, 5) is 0. The summed E-state index contributed by atoms with van der Waals surface area (Å²) in [5, 5.41) is 16.3. The lowest BCUT2D eigenvalue weighted by Gasteiger charge is -2.06. The minimum Gasteiger partial charge on any atom is -0.383 e. The second-order valence-corrected chi connectivity index (χ2v) is 6.38. The SMILES string of the molecule is N#Cc1c(Cc2cccc3ccccc23)nn(Cc2ccccc2F)c1N. The molecule has 3 aromatic carbocycles.